The number of rotatable bonds is 9. The molecule has 0 saturated carbocycles. The quantitative estimate of drug-likeness (QED) is 0.560. The highest BCUT2D eigenvalue weighted by Crippen LogP contribution is 2.11. The number of carbonyl (C=O) groups is 1. The van der Waals surface area contributed by atoms with Crippen LogP contribution >= 0.6 is 0 Å². The summed E-state index contributed by atoms with van der Waals surface area (Å²) in [5.74, 6) is 0.684. The average molecular weight is 377 g/mol. The van der Waals surface area contributed by atoms with E-state index in [1.165, 1.54) is 12.1 Å². The Morgan fingerprint density at radius 1 is 1.04 bits per heavy atom. The molecule has 0 spiro atoms. The number of hydrogen-bond donors (Lipinski definition) is 3. The van der Waals surface area contributed by atoms with Gasteiger partial charge >= 0.3 is 0 Å². The first-order chi connectivity index (χ1) is 12.4. The van der Waals surface area contributed by atoms with Crippen molar-refractivity contribution in [2.75, 3.05) is 20.2 Å². The van der Waals surface area contributed by atoms with Crippen LogP contribution in [-0.4, -0.2) is 34.5 Å². The minimum Gasteiger partial charge on any atom is -0.497 e. The van der Waals surface area contributed by atoms with Crippen LogP contribution in [0.4, 0.5) is 0 Å². The maximum Gasteiger partial charge on any atom is 0.238 e. The number of amides is 1. The predicted molar refractivity (Wildman–Crippen MR) is 99.2 cm³/mol. The first-order valence-corrected chi connectivity index (χ1v) is 9.65. The number of carbonyl (C=O) groups excluding carboxylic acids is 1. The molecule has 0 aliphatic carbocycles. The summed E-state index contributed by atoms with van der Waals surface area (Å²) in [7, 11) is -2.06. The fourth-order valence-corrected chi connectivity index (χ4v) is 2.80. The number of ether oxygens (including phenoxy) is 1. The van der Waals surface area contributed by atoms with E-state index in [1.54, 1.807) is 19.2 Å². The maximum atomic E-state index is 11.8. The molecule has 0 unspecified atom stereocenters. The van der Waals surface area contributed by atoms with Crippen LogP contribution in [0.1, 0.15) is 11.1 Å². The molecule has 2 aromatic carbocycles. The van der Waals surface area contributed by atoms with Crippen LogP contribution in [-0.2, 0) is 27.8 Å². The van der Waals surface area contributed by atoms with Gasteiger partial charge in [0, 0.05) is 6.54 Å². The van der Waals surface area contributed by atoms with E-state index < -0.39 is 10.0 Å². The van der Waals surface area contributed by atoms with Gasteiger partial charge in [0.25, 0.3) is 0 Å². The van der Waals surface area contributed by atoms with Crippen molar-refractivity contribution in [3.63, 3.8) is 0 Å². The van der Waals surface area contributed by atoms with Crippen molar-refractivity contribution in [1.29, 1.82) is 0 Å². The summed E-state index contributed by atoms with van der Waals surface area (Å²) < 4.78 is 27.5. The van der Waals surface area contributed by atoms with E-state index in [1.807, 2.05) is 24.3 Å². The van der Waals surface area contributed by atoms with Gasteiger partial charge in [-0.15, -0.1) is 0 Å². The third kappa shape index (κ3) is 6.47. The van der Waals surface area contributed by atoms with Crippen molar-refractivity contribution >= 4 is 15.9 Å². The van der Waals surface area contributed by atoms with E-state index in [-0.39, 0.29) is 17.3 Å². The van der Waals surface area contributed by atoms with Crippen LogP contribution in [0.15, 0.2) is 53.4 Å². The minimum absolute atomic E-state index is 0.0899. The summed E-state index contributed by atoms with van der Waals surface area (Å²) in [6.07, 6.45) is 0.677. The van der Waals surface area contributed by atoms with Crippen molar-refractivity contribution in [2.45, 2.75) is 17.9 Å². The van der Waals surface area contributed by atoms with E-state index in [9.17, 15) is 13.2 Å². The fraction of sp³-hybridized carbons (Fsp3) is 0.278. The normalized spacial score (nSPS) is 11.2. The summed E-state index contributed by atoms with van der Waals surface area (Å²) in [5.41, 5.74) is 1.96. The third-order valence-corrected chi connectivity index (χ3v) is 4.71. The lowest BCUT2D eigenvalue weighted by atomic mass is 10.1. The fourth-order valence-electron chi connectivity index (χ4n) is 2.29. The van der Waals surface area contributed by atoms with Gasteiger partial charge < -0.3 is 15.4 Å². The molecule has 0 radical (unpaired) electrons. The number of nitrogens with one attached hydrogen (secondary N) is 2. The Morgan fingerprint density at radius 2 is 1.65 bits per heavy atom. The lowest BCUT2D eigenvalue weighted by Crippen LogP contribution is -2.34. The molecule has 26 heavy (non-hydrogen) atoms. The van der Waals surface area contributed by atoms with E-state index >= 15 is 0 Å². The van der Waals surface area contributed by atoms with Gasteiger partial charge in [-0.05, 0) is 48.4 Å². The lowest BCUT2D eigenvalue weighted by Gasteiger charge is -2.08. The van der Waals surface area contributed by atoms with E-state index in [0.717, 1.165) is 16.9 Å². The Morgan fingerprint density at radius 3 is 2.23 bits per heavy atom. The van der Waals surface area contributed by atoms with Crippen molar-refractivity contribution in [3.05, 3.63) is 59.7 Å². The highest BCUT2D eigenvalue weighted by atomic mass is 32.2. The summed E-state index contributed by atoms with van der Waals surface area (Å²) in [4.78, 5) is 11.9. The van der Waals surface area contributed by atoms with Gasteiger partial charge in [0.2, 0.25) is 15.9 Å². The molecule has 1 amide bonds. The van der Waals surface area contributed by atoms with Crippen LogP contribution in [0.3, 0.4) is 0 Å². The SMILES string of the molecule is COc1ccc(CNC(=O)CNCCc2ccc(S(N)(=O)=O)cc2)cc1. The predicted octanol–water partition coefficient (Wildman–Crippen LogP) is 0.791. The monoisotopic (exact) mass is 377 g/mol. The summed E-state index contributed by atoms with van der Waals surface area (Å²) in [6, 6.07) is 13.9. The Hall–Kier alpha value is -2.42. The number of primary sulfonamides is 1. The van der Waals surface area contributed by atoms with Crippen molar-refractivity contribution < 1.29 is 17.9 Å². The highest BCUT2D eigenvalue weighted by Gasteiger charge is 2.06. The molecule has 7 nitrogen and oxygen atoms in total. The van der Waals surface area contributed by atoms with Crippen LogP contribution in [0.5, 0.6) is 5.75 Å². The van der Waals surface area contributed by atoms with E-state index in [0.29, 0.717) is 19.5 Å². The molecule has 0 fully saturated rings. The second kappa shape index (κ2) is 9.33. The van der Waals surface area contributed by atoms with E-state index in [4.69, 9.17) is 9.88 Å². The molecule has 0 bridgehead atoms. The summed E-state index contributed by atoms with van der Waals surface area (Å²) >= 11 is 0. The third-order valence-electron chi connectivity index (χ3n) is 3.78. The second-order valence-corrected chi connectivity index (χ2v) is 7.30. The van der Waals surface area contributed by atoms with Gasteiger partial charge in [0.15, 0.2) is 0 Å². The zero-order chi connectivity index (χ0) is 19.0. The van der Waals surface area contributed by atoms with Gasteiger partial charge in [-0.1, -0.05) is 24.3 Å². The molecule has 0 saturated heterocycles. The molecule has 2 rings (SSSR count). The smallest absolute Gasteiger partial charge is 0.238 e. The van der Waals surface area contributed by atoms with Gasteiger partial charge in [-0.2, -0.15) is 0 Å². The number of methoxy groups -OCH3 is 1. The van der Waals surface area contributed by atoms with E-state index in [2.05, 4.69) is 10.6 Å². The zero-order valence-corrected chi connectivity index (χ0v) is 15.4. The topological polar surface area (TPSA) is 111 Å². The number of hydrogen-bond acceptors (Lipinski definition) is 5. The van der Waals surface area contributed by atoms with Crippen LogP contribution in [0, 0.1) is 0 Å². The van der Waals surface area contributed by atoms with Crippen molar-refractivity contribution in [3.8, 4) is 5.75 Å². The van der Waals surface area contributed by atoms with Crippen LogP contribution in [0.25, 0.3) is 0 Å². The molecule has 0 aliphatic heterocycles. The molecule has 0 aromatic heterocycles. The molecule has 2 aromatic rings. The van der Waals surface area contributed by atoms with Crippen molar-refractivity contribution in [2.24, 2.45) is 5.14 Å². The standard InChI is InChI=1S/C18H23N3O4S/c1-25-16-6-2-15(3-7-16)12-21-18(22)13-20-11-10-14-4-8-17(9-5-14)26(19,23)24/h2-9,20H,10-13H2,1H3,(H,21,22)(H2,19,23,24). The number of benzene rings is 2. The Bertz CT molecular complexity index is 819. The van der Waals surface area contributed by atoms with Crippen molar-refractivity contribution in [1.82, 2.24) is 10.6 Å². The molecule has 0 aliphatic rings. The lowest BCUT2D eigenvalue weighted by molar-refractivity contribution is -0.120. The van der Waals surface area contributed by atoms with Crippen LogP contribution < -0.4 is 20.5 Å². The largest absolute Gasteiger partial charge is 0.497 e. The van der Waals surface area contributed by atoms with Gasteiger partial charge in [0.1, 0.15) is 5.75 Å². The van der Waals surface area contributed by atoms with Gasteiger partial charge in [0.05, 0.1) is 18.6 Å². The summed E-state index contributed by atoms with van der Waals surface area (Å²) in [5, 5.41) is 11.0. The minimum atomic E-state index is -3.66. The first-order valence-electron chi connectivity index (χ1n) is 8.10. The average Bonchev–Trinajstić information content (AvgIpc) is 2.63. The zero-order valence-electron chi connectivity index (χ0n) is 14.6. The first kappa shape index (κ1) is 19.9. The Labute approximate surface area is 153 Å². The molecule has 8 heteroatoms. The molecule has 140 valence electrons. The maximum absolute atomic E-state index is 11.8. The van der Waals surface area contributed by atoms with Crippen LogP contribution in [0.2, 0.25) is 0 Å². The molecular formula is C18H23N3O4S. The highest BCUT2D eigenvalue weighted by molar-refractivity contribution is 7.89. The molecule has 0 heterocycles. The van der Waals surface area contributed by atoms with Gasteiger partial charge in [-0.3, -0.25) is 4.79 Å². The Kier molecular flexibility index (Phi) is 7.14. The number of nitrogens with two attached hydrogens (primary N) is 1. The number of sulfonamides is 1. The molecule has 4 N–H and O–H groups in total. The molecular weight excluding hydrogens is 354 g/mol. The second-order valence-electron chi connectivity index (χ2n) is 5.74. The summed E-state index contributed by atoms with van der Waals surface area (Å²) in [6.45, 7) is 1.27. The molecule has 0 atom stereocenters. The van der Waals surface area contributed by atoms with Gasteiger partial charge in [-0.25, -0.2) is 13.6 Å². The Balaban J connectivity index is 1.66.